The van der Waals surface area contributed by atoms with Crippen LogP contribution in [0.4, 0.5) is 0 Å². The number of benzene rings is 13. The third-order valence-corrected chi connectivity index (χ3v) is 19.3. The Morgan fingerprint density at radius 1 is 0.256 bits per heavy atom. The molecule has 0 saturated heterocycles. The normalized spacial score (nSPS) is 12.0. The van der Waals surface area contributed by atoms with E-state index in [9.17, 15) is 0 Å². The minimum atomic E-state index is 0.538. The first-order valence-electron chi connectivity index (χ1n) is 30.3. The Kier molecular flexibility index (Phi) is 11.1. The third-order valence-electron chi connectivity index (χ3n) is 18.1. The number of rotatable bonds is 8. The predicted molar refractivity (Wildman–Crippen MR) is 374 cm³/mol. The molecule has 0 radical (unpaired) electrons. The molecule has 0 aliphatic rings. The third kappa shape index (κ3) is 7.63. The van der Waals surface area contributed by atoms with E-state index in [4.69, 9.17) is 24.9 Å². The number of aromatic nitrogens is 8. The van der Waals surface area contributed by atoms with Gasteiger partial charge < -0.3 is 4.57 Å². The Morgan fingerprint density at radius 3 is 1.34 bits per heavy atom. The summed E-state index contributed by atoms with van der Waals surface area (Å²) in [6, 6.07) is 104. The summed E-state index contributed by atoms with van der Waals surface area (Å²) in [4.78, 5) is 27.1. The van der Waals surface area contributed by atoms with Gasteiger partial charge in [-0.25, -0.2) is 15.0 Å². The van der Waals surface area contributed by atoms with E-state index in [1.54, 1.807) is 0 Å². The minimum absolute atomic E-state index is 0.538. The van der Waals surface area contributed by atoms with Crippen molar-refractivity contribution in [3.63, 3.8) is 0 Å². The molecule has 0 aliphatic heterocycles. The van der Waals surface area contributed by atoms with Crippen molar-refractivity contribution in [2.45, 2.75) is 0 Å². The number of nitrogens with zero attached hydrogens (tertiary/aromatic N) is 8. The first-order chi connectivity index (χ1) is 44.6. The topological polar surface area (TPSA) is 79.2 Å². The van der Waals surface area contributed by atoms with Gasteiger partial charge in [0.05, 0.1) is 44.3 Å². The van der Waals surface area contributed by atoms with Crippen LogP contribution >= 0.6 is 11.3 Å². The molecule has 0 aliphatic carbocycles. The molecule has 0 atom stereocenters. The monoisotopic (exact) mass is 1160 g/mol. The molecule has 0 N–H and O–H groups in total. The van der Waals surface area contributed by atoms with Gasteiger partial charge >= 0.3 is 0 Å². The summed E-state index contributed by atoms with van der Waals surface area (Å²) in [5.41, 5.74) is 16.6. The Hall–Kier alpha value is -11.9. The lowest BCUT2D eigenvalue weighted by Gasteiger charge is -2.13. The van der Waals surface area contributed by atoms with E-state index in [0.717, 1.165) is 121 Å². The minimum Gasteiger partial charge on any atom is -0.307 e. The van der Waals surface area contributed by atoms with E-state index >= 15 is 0 Å². The van der Waals surface area contributed by atoms with Crippen molar-refractivity contribution in [3.8, 4) is 73.9 Å². The van der Waals surface area contributed by atoms with Crippen LogP contribution in [0.15, 0.2) is 291 Å². The molecule has 90 heavy (non-hydrogen) atoms. The maximum atomic E-state index is 5.52. The van der Waals surface area contributed by atoms with E-state index in [2.05, 4.69) is 299 Å². The van der Waals surface area contributed by atoms with Crippen molar-refractivity contribution in [2.24, 2.45) is 0 Å². The highest BCUT2D eigenvalue weighted by molar-refractivity contribution is 7.27. The van der Waals surface area contributed by atoms with Gasteiger partial charge in [0, 0.05) is 91.0 Å². The fraction of sp³-hybridized carbons (Fsp3) is 0. The summed E-state index contributed by atoms with van der Waals surface area (Å²) in [7, 11) is 0. The van der Waals surface area contributed by atoms with E-state index in [1.165, 1.54) is 36.3 Å². The smallest absolute Gasteiger partial charge is 0.238 e. The van der Waals surface area contributed by atoms with Crippen molar-refractivity contribution in [1.82, 2.24) is 38.6 Å². The van der Waals surface area contributed by atoms with Crippen molar-refractivity contribution in [1.29, 1.82) is 0 Å². The van der Waals surface area contributed by atoms with Gasteiger partial charge in [0.1, 0.15) is 0 Å². The molecule has 0 spiro atoms. The van der Waals surface area contributed by atoms with E-state index in [1.807, 2.05) is 17.4 Å². The Balaban J connectivity index is 0.779. The quantitative estimate of drug-likeness (QED) is 0.151. The highest BCUT2D eigenvalue weighted by Gasteiger charge is 2.26. The standard InChI is InChI=1S/C81H48N8S/c1-4-20-49(21-5-1)50-36-40-53(41-37-50)78-84-79(86-81(85-78)89-68-34-18-14-27-58(68)61-47-46-60-57-26-13-17-33-67(57)87(75(60)76(61)89)56-24-8-3-9-25-56)54-42-38-51(39-43-54)55-44-45-65-70(48-55)90-77-62-29-11-10-28-59(62)74-71(72(65)77)64-31-15-19-35-69(64)88(74)80-82-66-32-16-12-30-63(66)73(83-80)52-22-6-2-7-23-52/h1-48H. The molecule has 0 fully saturated rings. The molecule has 9 heteroatoms. The van der Waals surface area contributed by atoms with Crippen LogP contribution in [-0.2, 0) is 0 Å². The number of para-hydroxylation sites is 5. The van der Waals surface area contributed by atoms with Gasteiger partial charge in [-0.05, 0) is 64.7 Å². The van der Waals surface area contributed by atoms with E-state index in [-0.39, 0.29) is 0 Å². The molecule has 0 bridgehead atoms. The lowest BCUT2D eigenvalue weighted by Crippen LogP contribution is -2.07. The van der Waals surface area contributed by atoms with E-state index in [0.29, 0.717) is 23.5 Å². The molecule has 6 aromatic heterocycles. The Labute approximate surface area is 519 Å². The van der Waals surface area contributed by atoms with Crippen molar-refractivity contribution in [3.05, 3.63) is 291 Å². The summed E-state index contributed by atoms with van der Waals surface area (Å²) in [5.74, 6) is 2.35. The van der Waals surface area contributed by atoms with Gasteiger partial charge in [-0.3, -0.25) is 9.13 Å². The number of fused-ring (bicyclic) bond motifs is 18. The fourth-order valence-electron chi connectivity index (χ4n) is 14.1. The molecule has 0 unspecified atom stereocenters. The van der Waals surface area contributed by atoms with Gasteiger partial charge in [-0.1, -0.05) is 249 Å². The predicted octanol–water partition coefficient (Wildman–Crippen LogP) is 21.0. The second kappa shape index (κ2) is 19.8. The van der Waals surface area contributed by atoms with Crippen LogP contribution in [-0.4, -0.2) is 38.6 Å². The number of thiophene rings is 1. The average molecular weight is 1170 g/mol. The molecule has 0 amide bonds. The van der Waals surface area contributed by atoms with Crippen LogP contribution in [0.1, 0.15) is 0 Å². The van der Waals surface area contributed by atoms with Crippen LogP contribution in [0.2, 0.25) is 0 Å². The fourth-order valence-corrected chi connectivity index (χ4v) is 15.4. The zero-order chi connectivity index (χ0) is 59.0. The zero-order valence-corrected chi connectivity index (χ0v) is 49.0. The maximum absolute atomic E-state index is 5.52. The molecular formula is C81H48N8S. The molecule has 19 rings (SSSR count). The van der Waals surface area contributed by atoms with Gasteiger partial charge in [-0.2, -0.15) is 9.97 Å². The van der Waals surface area contributed by atoms with Gasteiger partial charge in [-0.15, -0.1) is 11.3 Å². The first-order valence-corrected chi connectivity index (χ1v) is 31.1. The van der Waals surface area contributed by atoms with Crippen molar-refractivity contribution in [2.75, 3.05) is 0 Å². The summed E-state index contributed by atoms with van der Waals surface area (Å²) >= 11 is 1.86. The Morgan fingerprint density at radius 2 is 0.689 bits per heavy atom. The van der Waals surface area contributed by atoms with E-state index < -0.39 is 0 Å². The molecule has 6 heterocycles. The molecule has 8 nitrogen and oxygen atoms in total. The second-order valence-corrected chi connectivity index (χ2v) is 24.1. The highest BCUT2D eigenvalue weighted by Crippen LogP contribution is 2.49. The van der Waals surface area contributed by atoms with Gasteiger partial charge in [0.25, 0.3) is 0 Å². The zero-order valence-electron chi connectivity index (χ0n) is 48.2. The lowest BCUT2D eigenvalue weighted by atomic mass is 9.98. The SMILES string of the molecule is c1ccc(-c2ccc(-c3nc(-c4ccc(-c5ccc6c(c5)sc5c7ccccc7c7c(c8ccccc8n7-c7nc(-c8ccccc8)c8ccccc8n7)c65)cc4)nc(-n4c5ccccc5c5ccc6c7ccccc7n(-c7ccccc7)c6c54)n3)cc2)cc1. The molecule has 0 saturated carbocycles. The summed E-state index contributed by atoms with van der Waals surface area (Å²) < 4.78 is 9.44. The van der Waals surface area contributed by atoms with Crippen LogP contribution in [0, 0.1) is 0 Å². The second-order valence-electron chi connectivity index (χ2n) is 23.1. The van der Waals surface area contributed by atoms with Gasteiger partial charge in [0.15, 0.2) is 11.6 Å². The maximum Gasteiger partial charge on any atom is 0.238 e. The molecule has 13 aromatic carbocycles. The molecular weight excluding hydrogens is 1120 g/mol. The largest absolute Gasteiger partial charge is 0.307 e. The molecule has 19 aromatic rings. The first kappa shape index (κ1) is 50.3. The van der Waals surface area contributed by atoms with Crippen LogP contribution in [0.25, 0.3) is 181 Å². The number of hydrogen-bond acceptors (Lipinski definition) is 6. The Bertz CT molecular complexity index is 6130. The summed E-state index contributed by atoms with van der Waals surface area (Å²) in [6.45, 7) is 0. The van der Waals surface area contributed by atoms with Gasteiger partial charge in [0.2, 0.25) is 11.9 Å². The van der Waals surface area contributed by atoms with Crippen LogP contribution in [0.3, 0.4) is 0 Å². The van der Waals surface area contributed by atoms with Crippen molar-refractivity contribution < 1.29 is 0 Å². The van der Waals surface area contributed by atoms with Crippen molar-refractivity contribution >= 4 is 119 Å². The van der Waals surface area contributed by atoms with Crippen LogP contribution < -0.4 is 0 Å². The lowest BCUT2D eigenvalue weighted by molar-refractivity contribution is 0.953. The average Bonchev–Trinajstić information content (AvgIpc) is 1.55. The van der Waals surface area contributed by atoms with Crippen LogP contribution in [0.5, 0.6) is 0 Å². The highest BCUT2D eigenvalue weighted by atomic mass is 32.1. The summed E-state index contributed by atoms with van der Waals surface area (Å²) in [6.07, 6.45) is 0. The molecule has 418 valence electrons. The number of hydrogen-bond donors (Lipinski definition) is 0. The summed E-state index contributed by atoms with van der Waals surface area (Å²) in [5, 5.41) is 12.8.